The van der Waals surface area contributed by atoms with E-state index in [4.69, 9.17) is 0 Å². The monoisotopic (exact) mass is 298 g/mol. The van der Waals surface area contributed by atoms with Crippen molar-refractivity contribution in [3.05, 3.63) is 59.9 Å². The smallest absolute Gasteiger partial charge is 0.224 e. The van der Waals surface area contributed by atoms with Crippen LogP contribution in [0.1, 0.15) is 30.9 Å². The van der Waals surface area contributed by atoms with Crippen LogP contribution < -0.4 is 5.32 Å². The summed E-state index contributed by atoms with van der Waals surface area (Å²) in [4.78, 5) is 16.1. The minimum Gasteiger partial charge on any atom is -0.508 e. The van der Waals surface area contributed by atoms with E-state index < -0.39 is 0 Å². The number of para-hydroxylation sites is 1. The number of carbonyl (C=O) groups is 1. The maximum absolute atomic E-state index is 12.0. The van der Waals surface area contributed by atoms with Gasteiger partial charge in [0, 0.05) is 24.0 Å². The van der Waals surface area contributed by atoms with E-state index in [9.17, 15) is 9.90 Å². The Morgan fingerprint density at radius 1 is 1.27 bits per heavy atom. The lowest BCUT2D eigenvalue weighted by Gasteiger charge is -2.14. The third-order valence-electron chi connectivity index (χ3n) is 3.58. The fourth-order valence-corrected chi connectivity index (χ4v) is 2.39. The summed E-state index contributed by atoms with van der Waals surface area (Å²) in [5, 5.41) is 12.7. The molecule has 116 valence electrons. The van der Waals surface area contributed by atoms with Crippen LogP contribution in [0.2, 0.25) is 0 Å². The standard InChI is InChI=1S/C18H22N2O2/c1-14(6-4-7-15-8-5-11-19-13-15)20-18(22)12-16-9-2-3-10-17(16)21/h2-3,5,8-11,13-14,21H,4,6-7,12H2,1H3,(H,20,22). The highest BCUT2D eigenvalue weighted by Crippen LogP contribution is 2.16. The van der Waals surface area contributed by atoms with Gasteiger partial charge in [-0.3, -0.25) is 9.78 Å². The van der Waals surface area contributed by atoms with E-state index in [0.29, 0.717) is 5.56 Å². The van der Waals surface area contributed by atoms with Crippen molar-refractivity contribution in [2.24, 2.45) is 0 Å². The van der Waals surface area contributed by atoms with Crippen LogP contribution in [0.15, 0.2) is 48.8 Å². The van der Waals surface area contributed by atoms with Crippen LogP contribution in [0.25, 0.3) is 0 Å². The van der Waals surface area contributed by atoms with Gasteiger partial charge in [0.05, 0.1) is 6.42 Å². The molecule has 4 heteroatoms. The molecule has 1 aromatic carbocycles. The van der Waals surface area contributed by atoms with E-state index >= 15 is 0 Å². The number of pyridine rings is 1. The SMILES string of the molecule is CC(CCCc1cccnc1)NC(=O)Cc1ccccc1O. The Bertz CT molecular complexity index is 599. The number of amides is 1. The number of benzene rings is 1. The minimum absolute atomic E-state index is 0.0598. The van der Waals surface area contributed by atoms with Gasteiger partial charge in [-0.05, 0) is 43.9 Å². The second-order valence-corrected chi connectivity index (χ2v) is 5.53. The van der Waals surface area contributed by atoms with Crippen molar-refractivity contribution < 1.29 is 9.90 Å². The number of hydrogen-bond donors (Lipinski definition) is 2. The van der Waals surface area contributed by atoms with Gasteiger partial charge < -0.3 is 10.4 Å². The largest absolute Gasteiger partial charge is 0.508 e. The maximum atomic E-state index is 12.0. The molecule has 0 radical (unpaired) electrons. The molecule has 1 unspecified atom stereocenters. The second-order valence-electron chi connectivity index (χ2n) is 5.53. The number of rotatable bonds is 7. The zero-order valence-electron chi connectivity index (χ0n) is 12.8. The van der Waals surface area contributed by atoms with Crippen molar-refractivity contribution in [1.29, 1.82) is 0 Å². The minimum atomic E-state index is -0.0598. The Morgan fingerprint density at radius 3 is 2.82 bits per heavy atom. The van der Waals surface area contributed by atoms with Crippen LogP contribution in [0.3, 0.4) is 0 Å². The third kappa shape index (κ3) is 5.20. The number of nitrogens with zero attached hydrogens (tertiary/aromatic N) is 1. The summed E-state index contributed by atoms with van der Waals surface area (Å²) >= 11 is 0. The molecule has 0 aliphatic carbocycles. The van der Waals surface area contributed by atoms with E-state index in [0.717, 1.165) is 19.3 Å². The summed E-state index contributed by atoms with van der Waals surface area (Å²) in [5.41, 5.74) is 1.87. The van der Waals surface area contributed by atoms with E-state index in [1.165, 1.54) is 5.56 Å². The molecule has 0 bridgehead atoms. The summed E-state index contributed by atoms with van der Waals surface area (Å²) in [7, 11) is 0. The fraction of sp³-hybridized carbons (Fsp3) is 0.333. The van der Waals surface area contributed by atoms with Crippen LogP contribution in [0.4, 0.5) is 0 Å². The van der Waals surface area contributed by atoms with Gasteiger partial charge in [-0.2, -0.15) is 0 Å². The maximum Gasteiger partial charge on any atom is 0.224 e. The van der Waals surface area contributed by atoms with Gasteiger partial charge in [0.15, 0.2) is 0 Å². The number of carbonyl (C=O) groups excluding carboxylic acids is 1. The molecule has 0 aliphatic heterocycles. The van der Waals surface area contributed by atoms with Crippen molar-refractivity contribution >= 4 is 5.91 Å². The molecule has 1 aromatic heterocycles. The Morgan fingerprint density at radius 2 is 2.09 bits per heavy atom. The predicted octanol–water partition coefficient (Wildman–Crippen LogP) is 2.86. The van der Waals surface area contributed by atoms with E-state index in [1.807, 2.05) is 25.3 Å². The van der Waals surface area contributed by atoms with E-state index in [2.05, 4.69) is 16.4 Å². The normalized spacial score (nSPS) is 11.9. The Balaban J connectivity index is 1.71. The first-order valence-electron chi connectivity index (χ1n) is 7.60. The summed E-state index contributed by atoms with van der Waals surface area (Å²) in [6.07, 6.45) is 6.74. The van der Waals surface area contributed by atoms with Crippen LogP contribution in [-0.2, 0) is 17.6 Å². The first-order chi connectivity index (χ1) is 10.6. The fourth-order valence-electron chi connectivity index (χ4n) is 2.39. The molecule has 0 saturated carbocycles. The number of phenolic OH excluding ortho intramolecular Hbond substituents is 1. The molecule has 2 N–H and O–H groups in total. The van der Waals surface area contributed by atoms with E-state index in [-0.39, 0.29) is 24.1 Å². The second kappa shape index (κ2) is 8.17. The Labute approximate surface area is 131 Å². The number of aromatic nitrogens is 1. The number of aryl methyl sites for hydroxylation is 1. The van der Waals surface area contributed by atoms with Crippen molar-refractivity contribution in [3.63, 3.8) is 0 Å². The van der Waals surface area contributed by atoms with Gasteiger partial charge in [0.25, 0.3) is 0 Å². The zero-order valence-corrected chi connectivity index (χ0v) is 12.8. The van der Waals surface area contributed by atoms with Crippen LogP contribution in [-0.4, -0.2) is 22.0 Å². The summed E-state index contributed by atoms with van der Waals surface area (Å²) < 4.78 is 0. The molecule has 0 spiro atoms. The number of aromatic hydroxyl groups is 1. The first kappa shape index (κ1) is 16.0. The quantitative estimate of drug-likeness (QED) is 0.826. The molecule has 1 atom stereocenters. The summed E-state index contributed by atoms with van der Waals surface area (Å²) in [6.45, 7) is 2.01. The summed E-state index contributed by atoms with van der Waals surface area (Å²) in [6, 6.07) is 11.1. The number of nitrogens with one attached hydrogen (secondary N) is 1. The van der Waals surface area contributed by atoms with Gasteiger partial charge in [-0.25, -0.2) is 0 Å². The predicted molar refractivity (Wildman–Crippen MR) is 86.6 cm³/mol. The molecular weight excluding hydrogens is 276 g/mol. The molecule has 1 heterocycles. The van der Waals surface area contributed by atoms with Gasteiger partial charge in [-0.15, -0.1) is 0 Å². The van der Waals surface area contributed by atoms with Gasteiger partial charge in [-0.1, -0.05) is 24.3 Å². The van der Waals surface area contributed by atoms with Crippen LogP contribution >= 0.6 is 0 Å². The Hall–Kier alpha value is -2.36. The molecule has 0 saturated heterocycles. The molecule has 2 aromatic rings. The van der Waals surface area contributed by atoms with Crippen molar-refractivity contribution in [3.8, 4) is 5.75 Å². The molecule has 22 heavy (non-hydrogen) atoms. The highest BCUT2D eigenvalue weighted by atomic mass is 16.3. The Kier molecular flexibility index (Phi) is 5.95. The lowest BCUT2D eigenvalue weighted by molar-refractivity contribution is -0.121. The van der Waals surface area contributed by atoms with Crippen LogP contribution in [0.5, 0.6) is 5.75 Å². The van der Waals surface area contributed by atoms with Crippen molar-refractivity contribution in [2.45, 2.75) is 38.6 Å². The molecule has 0 aliphatic rings. The molecular formula is C18H22N2O2. The lowest BCUT2D eigenvalue weighted by Crippen LogP contribution is -2.33. The highest BCUT2D eigenvalue weighted by Gasteiger charge is 2.10. The zero-order chi connectivity index (χ0) is 15.8. The average Bonchev–Trinajstić information content (AvgIpc) is 2.50. The lowest BCUT2D eigenvalue weighted by atomic mass is 10.1. The third-order valence-corrected chi connectivity index (χ3v) is 3.58. The highest BCUT2D eigenvalue weighted by molar-refractivity contribution is 5.79. The molecule has 0 fully saturated rings. The van der Waals surface area contributed by atoms with E-state index in [1.54, 1.807) is 24.4 Å². The van der Waals surface area contributed by atoms with Crippen molar-refractivity contribution in [1.82, 2.24) is 10.3 Å². The number of hydrogen-bond acceptors (Lipinski definition) is 3. The number of phenols is 1. The van der Waals surface area contributed by atoms with Gasteiger partial charge in [0.2, 0.25) is 5.91 Å². The topological polar surface area (TPSA) is 62.2 Å². The average molecular weight is 298 g/mol. The molecule has 2 rings (SSSR count). The van der Waals surface area contributed by atoms with Gasteiger partial charge >= 0.3 is 0 Å². The summed E-state index contributed by atoms with van der Waals surface area (Å²) in [5.74, 6) is 0.109. The first-order valence-corrected chi connectivity index (χ1v) is 7.60. The molecule has 4 nitrogen and oxygen atoms in total. The van der Waals surface area contributed by atoms with Crippen LogP contribution in [0, 0.1) is 0 Å². The van der Waals surface area contributed by atoms with Crippen molar-refractivity contribution in [2.75, 3.05) is 0 Å². The molecule has 1 amide bonds. The van der Waals surface area contributed by atoms with Gasteiger partial charge in [0.1, 0.15) is 5.75 Å².